The second-order valence-corrected chi connectivity index (χ2v) is 4.63. The zero-order valence-corrected chi connectivity index (χ0v) is 9.16. The molecule has 0 aromatic carbocycles. The quantitative estimate of drug-likeness (QED) is 0.400. The SMILES string of the molecule is CCCCCC/C=C/C(O)S(=O)(=O)[O-]. The zero-order chi connectivity index (χ0) is 11.0. The minimum Gasteiger partial charge on any atom is -0.746 e. The monoisotopic (exact) mass is 221 g/mol. The molecule has 1 N–H and O–H groups in total. The molecular formula is C9H17O4S-. The van der Waals surface area contributed by atoms with Crippen molar-refractivity contribution in [2.45, 2.75) is 44.5 Å². The van der Waals surface area contributed by atoms with Gasteiger partial charge in [0.2, 0.25) is 0 Å². The summed E-state index contributed by atoms with van der Waals surface area (Å²) in [4.78, 5) is 0. The molecule has 0 aliphatic carbocycles. The lowest BCUT2D eigenvalue weighted by Gasteiger charge is -2.09. The maximum atomic E-state index is 10.2. The van der Waals surface area contributed by atoms with Gasteiger partial charge in [0.05, 0.1) is 0 Å². The predicted molar refractivity (Wildman–Crippen MR) is 53.6 cm³/mol. The third-order valence-corrected chi connectivity index (χ3v) is 2.57. The van der Waals surface area contributed by atoms with Crippen LogP contribution < -0.4 is 0 Å². The van der Waals surface area contributed by atoms with Crippen LogP contribution in [0.15, 0.2) is 12.2 Å². The van der Waals surface area contributed by atoms with Crippen molar-refractivity contribution in [1.82, 2.24) is 0 Å². The van der Waals surface area contributed by atoms with Gasteiger partial charge in [-0.2, -0.15) is 0 Å². The van der Waals surface area contributed by atoms with Crippen LogP contribution in [0.4, 0.5) is 0 Å². The standard InChI is InChI=1S/C9H18O4S/c1-2-3-4-5-6-7-8-9(10)14(11,12)13/h7-10H,2-6H2,1H3,(H,11,12,13)/p-1/b8-7+. The third-order valence-electron chi connectivity index (χ3n) is 1.82. The molecule has 84 valence electrons. The molecule has 1 atom stereocenters. The van der Waals surface area contributed by atoms with Crippen LogP contribution >= 0.6 is 0 Å². The molecule has 0 bridgehead atoms. The van der Waals surface area contributed by atoms with Gasteiger partial charge in [-0.05, 0) is 18.9 Å². The molecule has 0 saturated heterocycles. The Bertz CT molecular complexity index is 256. The molecule has 0 heterocycles. The van der Waals surface area contributed by atoms with Crippen molar-refractivity contribution in [1.29, 1.82) is 0 Å². The Kier molecular flexibility index (Phi) is 6.78. The van der Waals surface area contributed by atoms with Crippen molar-refractivity contribution < 1.29 is 18.1 Å². The summed E-state index contributed by atoms with van der Waals surface area (Å²) in [5.74, 6) is 0. The van der Waals surface area contributed by atoms with Crippen molar-refractivity contribution in [3.63, 3.8) is 0 Å². The number of rotatable bonds is 7. The van der Waals surface area contributed by atoms with Crippen molar-refractivity contribution in [2.24, 2.45) is 0 Å². The molecular weight excluding hydrogens is 204 g/mol. The number of aliphatic hydroxyl groups excluding tert-OH is 1. The first-order valence-corrected chi connectivity index (χ1v) is 6.25. The van der Waals surface area contributed by atoms with Crippen LogP contribution in [0.3, 0.4) is 0 Å². The van der Waals surface area contributed by atoms with Gasteiger partial charge in [0.25, 0.3) is 0 Å². The Balaban J connectivity index is 3.63. The van der Waals surface area contributed by atoms with Gasteiger partial charge in [-0.25, -0.2) is 8.42 Å². The Hall–Kier alpha value is -0.390. The first kappa shape index (κ1) is 13.6. The molecule has 0 aromatic rings. The topological polar surface area (TPSA) is 77.4 Å². The highest BCUT2D eigenvalue weighted by molar-refractivity contribution is 7.86. The summed E-state index contributed by atoms with van der Waals surface area (Å²) in [7, 11) is -4.58. The molecule has 0 spiro atoms. The molecule has 5 heteroatoms. The van der Waals surface area contributed by atoms with E-state index in [-0.39, 0.29) is 0 Å². The van der Waals surface area contributed by atoms with E-state index in [0.29, 0.717) is 6.42 Å². The summed E-state index contributed by atoms with van der Waals surface area (Å²) >= 11 is 0. The van der Waals surface area contributed by atoms with E-state index in [1.54, 1.807) is 0 Å². The summed E-state index contributed by atoms with van der Waals surface area (Å²) < 4.78 is 30.7. The Morgan fingerprint density at radius 3 is 2.50 bits per heavy atom. The van der Waals surface area contributed by atoms with E-state index < -0.39 is 15.6 Å². The first-order valence-electron chi connectivity index (χ1n) is 4.78. The smallest absolute Gasteiger partial charge is 0.161 e. The minimum atomic E-state index is -4.58. The van der Waals surface area contributed by atoms with E-state index in [4.69, 9.17) is 5.11 Å². The van der Waals surface area contributed by atoms with Crippen LogP contribution in [0, 0.1) is 0 Å². The van der Waals surface area contributed by atoms with E-state index in [1.165, 1.54) is 6.08 Å². The Morgan fingerprint density at radius 1 is 1.36 bits per heavy atom. The summed E-state index contributed by atoms with van der Waals surface area (Å²) in [5, 5.41) is 8.80. The molecule has 0 saturated carbocycles. The maximum Gasteiger partial charge on any atom is 0.161 e. The molecule has 0 aliphatic heterocycles. The number of unbranched alkanes of at least 4 members (excludes halogenated alkanes) is 4. The minimum absolute atomic E-state index is 0.701. The summed E-state index contributed by atoms with van der Waals surface area (Å²) in [6, 6.07) is 0. The fourth-order valence-corrected chi connectivity index (χ4v) is 1.30. The van der Waals surface area contributed by atoms with Crippen molar-refractivity contribution in [3.8, 4) is 0 Å². The molecule has 0 aliphatic rings. The van der Waals surface area contributed by atoms with E-state index in [9.17, 15) is 13.0 Å². The van der Waals surface area contributed by atoms with Crippen LogP contribution in [0.25, 0.3) is 0 Å². The fraction of sp³-hybridized carbons (Fsp3) is 0.778. The zero-order valence-electron chi connectivity index (χ0n) is 8.35. The molecule has 14 heavy (non-hydrogen) atoms. The van der Waals surface area contributed by atoms with Gasteiger partial charge in [-0.1, -0.05) is 32.3 Å². The number of aliphatic hydroxyl groups is 1. The molecule has 1 unspecified atom stereocenters. The number of hydrogen-bond donors (Lipinski definition) is 1. The number of hydrogen-bond acceptors (Lipinski definition) is 4. The highest BCUT2D eigenvalue weighted by Crippen LogP contribution is 2.04. The molecule has 0 aromatic heterocycles. The largest absolute Gasteiger partial charge is 0.746 e. The second-order valence-electron chi connectivity index (χ2n) is 3.16. The Morgan fingerprint density at radius 2 is 2.00 bits per heavy atom. The van der Waals surface area contributed by atoms with Crippen LogP contribution in [-0.2, 0) is 10.1 Å². The summed E-state index contributed by atoms with van der Waals surface area (Å²) in [5.41, 5.74) is -1.89. The van der Waals surface area contributed by atoms with Crippen molar-refractivity contribution in [2.75, 3.05) is 0 Å². The van der Waals surface area contributed by atoms with Gasteiger partial charge in [0.1, 0.15) is 10.1 Å². The third kappa shape index (κ3) is 7.06. The average molecular weight is 221 g/mol. The normalized spacial score (nSPS) is 14.8. The van der Waals surface area contributed by atoms with Crippen LogP contribution in [-0.4, -0.2) is 23.5 Å². The van der Waals surface area contributed by atoms with Crippen molar-refractivity contribution >= 4 is 10.1 Å². The van der Waals surface area contributed by atoms with Crippen molar-refractivity contribution in [3.05, 3.63) is 12.2 Å². The highest BCUT2D eigenvalue weighted by atomic mass is 32.2. The second kappa shape index (κ2) is 6.98. The molecule has 0 fully saturated rings. The average Bonchev–Trinajstić information content (AvgIpc) is 2.09. The fourth-order valence-electron chi connectivity index (χ4n) is 0.998. The van der Waals surface area contributed by atoms with Gasteiger partial charge >= 0.3 is 0 Å². The molecule has 4 nitrogen and oxygen atoms in total. The Labute approximate surface area is 85.4 Å². The molecule has 0 amide bonds. The molecule has 0 rings (SSSR count). The van der Waals surface area contributed by atoms with Gasteiger partial charge in [-0.3, -0.25) is 0 Å². The van der Waals surface area contributed by atoms with E-state index in [1.807, 2.05) is 0 Å². The predicted octanol–water partition coefficient (Wildman–Crippen LogP) is 1.38. The lowest BCUT2D eigenvalue weighted by molar-refractivity contribution is 0.272. The lowest BCUT2D eigenvalue weighted by atomic mass is 10.1. The maximum absolute atomic E-state index is 10.2. The van der Waals surface area contributed by atoms with Crippen LogP contribution in [0.5, 0.6) is 0 Å². The first-order chi connectivity index (χ1) is 6.48. The van der Waals surface area contributed by atoms with Gasteiger partial charge in [0, 0.05) is 0 Å². The van der Waals surface area contributed by atoms with Gasteiger partial charge < -0.3 is 9.66 Å². The summed E-state index contributed by atoms with van der Waals surface area (Å²) in [6.07, 6.45) is 7.60. The van der Waals surface area contributed by atoms with E-state index >= 15 is 0 Å². The van der Waals surface area contributed by atoms with Crippen LogP contribution in [0.1, 0.15) is 39.0 Å². The van der Waals surface area contributed by atoms with Crippen LogP contribution in [0.2, 0.25) is 0 Å². The lowest BCUT2D eigenvalue weighted by Crippen LogP contribution is -2.16. The van der Waals surface area contributed by atoms with Gasteiger partial charge in [0.15, 0.2) is 5.44 Å². The molecule has 0 radical (unpaired) electrons. The van der Waals surface area contributed by atoms with E-state index in [0.717, 1.165) is 31.8 Å². The van der Waals surface area contributed by atoms with Gasteiger partial charge in [-0.15, -0.1) is 0 Å². The highest BCUT2D eigenvalue weighted by Gasteiger charge is 2.05. The van der Waals surface area contributed by atoms with E-state index in [2.05, 4.69) is 6.92 Å². The summed E-state index contributed by atoms with van der Waals surface area (Å²) in [6.45, 7) is 2.10. The number of allylic oxidation sites excluding steroid dienone is 1.